The van der Waals surface area contributed by atoms with E-state index in [1.807, 2.05) is 13.8 Å². The molecule has 0 saturated carbocycles. The molecule has 31 heavy (non-hydrogen) atoms. The molecule has 0 spiro atoms. The normalized spacial score (nSPS) is 15.3. The summed E-state index contributed by atoms with van der Waals surface area (Å²) in [6.07, 6.45) is -5.47. The molecule has 0 radical (unpaired) electrons. The van der Waals surface area contributed by atoms with Crippen LogP contribution in [0, 0.1) is 13.8 Å². The molecule has 0 unspecified atom stereocenters. The first-order valence-electron chi connectivity index (χ1n) is 9.09. The zero-order valence-corrected chi connectivity index (χ0v) is 17.4. The summed E-state index contributed by atoms with van der Waals surface area (Å²) in [4.78, 5) is 51.1. The molecule has 3 aromatic rings. The number of hydrogen-bond acceptors (Lipinski definition) is 8. The second kappa shape index (κ2) is 8.55. The highest BCUT2D eigenvalue weighted by atomic mass is 31.2. The first-order valence-corrected chi connectivity index (χ1v) is 10.6. The van der Waals surface area contributed by atoms with Gasteiger partial charge >= 0.3 is 19.2 Å². The van der Waals surface area contributed by atoms with Crippen LogP contribution in [0.4, 0.5) is 0 Å². The molecule has 0 bridgehead atoms. The van der Waals surface area contributed by atoms with Crippen LogP contribution in [0.5, 0.6) is 0 Å². The van der Waals surface area contributed by atoms with E-state index in [1.165, 1.54) is 4.57 Å². The molecule has 168 valence electrons. The van der Waals surface area contributed by atoms with Crippen molar-refractivity contribution in [3.8, 4) is 0 Å². The molecular formula is C17H22N4O9P+. The van der Waals surface area contributed by atoms with E-state index in [2.05, 4.69) is 19.5 Å². The van der Waals surface area contributed by atoms with Gasteiger partial charge in [0.15, 0.2) is 5.52 Å². The van der Waals surface area contributed by atoms with E-state index in [1.54, 1.807) is 12.1 Å². The van der Waals surface area contributed by atoms with Crippen molar-refractivity contribution in [2.75, 3.05) is 6.61 Å². The van der Waals surface area contributed by atoms with E-state index in [0.29, 0.717) is 11.0 Å². The highest BCUT2D eigenvalue weighted by molar-refractivity contribution is 7.46. The molecule has 3 rings (SSSR count). The van der Waals surface area contributed by atoms with Crippen LogP contribution in [0.2, 0.25) is 0 Å². The third kappa shape index (κ3) is 4.88. The van der Waals surface area contributed by atoms with Crippen LogP contribution in [0.15, 0.2) is 21.7 Å². The minimum absolute atomic E-state index is 0.0584. The molecule has 0 fully saturated rings. The second-order valence-corrected chi connectivity index (χ2v) is 8.32. The average molecular weight is 457 g/mol. The molecular weight excluding hydrogens is 435 g/mol. The van der Waals surface area contributed by atoms with Crippen LogP contribution >= 0.6 is 7.82 Å². The van der Waals surface area contributed by atoms with Crippen LogP contribution in [-0.4, -0.2) is 65.0 Å². The maximum Gasteiger partial charge on any atom is 0.470 e. The van der Waals surface area contributed by atoms with E-state index < -0.39 is 50.5 Å². The minimum Gasteiger partial charge on any atom is -0.394 e. The Hall–Kier alpha value is -2.51. The van der Waals surface area contributed by atoms with Crippen molar-refractivity contribution in [3.05, 3.63) is 44.1 Å². The van der Waals surface area contributed by atoms with Crippen molar-refractivity contribution in [1.82, 2.24) is 15.0 Å². The molecule has 1 aromatic carbocycles. The van der Waals surface area contributed by atoms with Crippen molar-refractivity contribution in [3.63, 3.8) is 0 Å². The fourth-order valence-electron chi connectivity index (χ4n) is 3.24. The van der Waals surface area contributed by atoms with Gasteiger partial charge in [-0.05, 0) is 37.1 Å². The number of aliphatic hydroxyl groups excluding tert-OH is 3. The molecule has 0 aliphatic rings. The zero-order valence-electron chi connectivity index (χ0n) is 16.5. The number of phosphoric ester groups is 1. The first kappa shape index (κ1) is 23.2. The van der Waals surface area contributed by atoms with Gasteiger partial charge < -0.3 is 25.1 Å². The number of hydrogen-bond donors (Lipinski definition) is 7. The van der Waals surface area contributed by atoms with Gasteiger partial charge in [-0.1, -0.05) is 0 Å². The number of aromatic nitrogens is 4. The lowest BCUT2D eigenvalue weighted by atomic mass is 10.1. The number of fused-ring (bicyclic) bond motifs is 2. The number of nitrogens with zero attached hydrogens (tertiary/aromatic N) is 2. The lowest BCUT2D eigenvalue weighted by Gasteiger charge is -2.26. The van der Waals surface area contributed by atoms with Gasteiger partial charge in [-0.3, -0.25) is 14.3 Å². The third-order valence-corrected chi connectivity index (χ3v) is 5.37. The number of nitrogens with one attached hydrogen (secondary N) is 2. The zero-order chi connectivity index (χ0) is 23.1. The van der Waals surface area contributed by atoms with E-state index in [9.17, 15) is 29.5 Å². The number of phosphoric acid groups is 1. The molecule has 2 aromatic heterocycles. The summed E-state index contributed by atoms with van der Waals surface area (Å²) in [5, 5.41) is 29.8. The summed E-state index contributed by atoms with van der Waals surface area (Å²) in [5.41, 5.74) is 0.646. The topological polar surface area (TPSA) is 210 Å². The van der Waals surface area contributed by atoms with Gasteiger partial charge in [-0.2, -0.15) is 4.98 Å². The predicted octanol–water partition coefficient (Wildman–Crippen LogP) is -2.14. The maximum atomic E-state index is 12.3. The van der Waals surface area contributed by atoms with Crippen molar-refractivity contribution in [2.45, 2.75) is 38.7 Å². The average Bonchev–Trinajstić information content (AvgIpc) is 2.66. The lowest BCUT2D eigenvalue weighted by Crippen LogP contribution is -2.51. The maximum absolute atomic E-state index is 12.3. The van der Waals surface area contributed by atoms with Crippen LogP contribution in [0.3, 0.4) is 0 Å². The van der Waals surface area contributed by atoms with E-state index in [-0.39, 0.29) is 11.2 Å². The molecule has 0 aliphatic heterocycles. The summed E-state index contributed by atoms with van der Waals surface area (Å²) in [6, 6.07) is 3.40. The Kier molecular flexibility index (Phi) is 6.39. The number of rotatable bonds is 7. The van der Waals surface area contributed by atoms with Crippen molar-refractivity contribution in [2.24, 2.45) is 0 Å². The van der Waals surface area contributed by atoms with Gasteiger partial charge in [0, 0.05) is 0 Å². The van der Waals surface area contributed by atoms with E-state index in [4.69, 9.17) is 9.79 Å². The summed E-state index contributed by atoms with van der Waals surface area (Å²) >= 11 is 0. The predicted molar refractivity (Wildman–Crippen MR) is 106 cm³/mol. The fourth-order valence-corrected chi connectivity index (χ4v) is 3.84. The number of benzene rings is 1. The molecule has 3 atom stereocenters. The van der Waals surface area contributed by atoms with Gasteiger partial charge in [0.2, 0.25) is 5.52 Å². The molecule has 13 nitrogen and oxygen atoms in total. The van der Waals surface area contributed by atoms with Crippen LogP contribution in [0.1, 0.15) is 11.1 Å². The van der Waals surface area contributed by atoms with Gasteiger partial charge in [-0.15, -0.1) is 0 Å². The van der Waals surface area contributed by atoms with Gasteiger partial charge in [0.25, 0.3) is 5.56 Å². The lowest BCUT2D eigenvalue weighted by molar-refractivity contribution is -0.657. The molecule has 0 aliphatic carbocycles. The highest BCUT2D eigenvalue weighted by Gasteiger charge is 2.36. The Labute approximate surface area is 173 Å². The quantitative estimate of drug-likeness (QED) is 0.116. The standard InChI is InChI=1S/C17H21N4O9P/c1-7-3-9-10(4-8(7)2)21(15-13(18-9)16(25)20-17(26)19-15)5-11(23)14(12(24)6-22)30-31(27,28)29/h3-4,11-12,14,22-24H,5-6H2,1-2H3,(H3,20,25,26,27,28,29)/p+1/t11-,12+,14-/m0/s1. The Bertz CT molecular complexity index is 1300. The van der Waals surface area contributed by atoms with Crippen LogP contribution in [-0.2, 0) is 15.6 Å². The molecule has 0 amide bonds. The SMILES string of the molecule is Cc1cc2nc3c(=O)[nH]c(=O)[nH]c3[n+](C[C@H](O)[C@H](OP(=O)(O)O)[C@H](O)CO)c2cc1C. The molecule has 14 heteroatoms. The number of aliphatic hydroxyl groups is 3. The Morgan fingerprint density at radius 1 is 1.13 bits per heavy atom. The summed E-state index contributed by atoms with van der Waals surface area (Å²) < 4.78 is 17.1. The highest BCUT2D eigenvalue weighted by Crippen LogP contribution is 2.39. The second-order valence-electron chi connectivity index (χ2n) is 7.13. The van der Waals surface area contributed by atoms with Crippen molar-refractivity contribution in [1.29, 1.82) is 0 Å². The van der Waals surface area contributed by atoms with E-state index in [0.717, 1.165) is 11.1 Å². The summed E-state index contributed by atoms with van der Waals surface area (Å²) in [6.45, 7) is 2.23. The molecule has 0 saturated heterocycles. The van der Waals surface area contributed by atoms with Crippen LogP contribution < -0.4 is 15.8 Å². The molecule has 2 heterocycles. The summed E-state index contributed by atoms with van der Waals surface area (Å²) in [7, 11) is -5.14. The van der Waals surface area contributed by atoms with Crippen LogP contribution in [0.25, 0.3) is 22.2 Å². The Morgan fingerprint density at radius 3 is 2.39 bits per heavy atom. The van der Waals surface area contributed by atoms with Crippen molar-refractivity contribution >= 4 is 30.0 Å². The Morgan fingerprint density at radius 2 is 1.77 bits per heavy atom. The van der Waals surface area contributed by atoms with E-state index >= 15 is 0 Å². The monoisotopic (exact) mass is 457 g/mol. The van der Waals surface area contributed by atoms with Crippen molar-refractivity contribution < 1.29 is 38.8 Å². The third-order valence-electron chi connectivity index (χ3n) is 4.86. The Balaban J connectivity index is 2.25. The number of aromatic amines is 2. The minimum atomic E-state index is -5.14. The van der Waals surface area contributed by atoms with Gasteiger partial charge in [0.1, 0.15) is 30.4 Å². The van der Waals surface area contributed by atoms with Gasteiger partial charge in [0.05, 0.1) is 6.61 Å². The van der Waals surface area contributed by atoms with Gasteiger partial charge in [-0.25, -0.2) is 18.9 Å². The largest absolute Gasteiger partial charge is 0.470 e. The number of aryl methyl sites for hydroxylation is 2. The first-order chi connectivity index (χ1) is 14.4. The summed E-state index contributed by atoms with van der Waals surface area (Å²) in [5.74, 6) is 0. The number of H-pyrrole nitrogens is 2. The fraction of sp³-hybridized carbons (Fsp3) is 0.412. The molecule has 7 N–H and O–H groups in total. The smallest absolute Gasteiger partial charge is 0.394 e.